The van der Waals surface area contributed by atoms with Gasteiger partial charge in [0.25, 0.3) is 0 Å². The van der Waals surface area contributed by atoms with E-state index in [9.17, 15) is 4.79 Å². The van der Waals surface area contributed by atoms with Crippen LogP contribution in [0.5, 0.6) is 11.5 Å². The van der Waals surface area contributed by atoms with E-state index in [1.165, 1.54) is 6.42 Å². The topological polar surface area (TPSA) is 55.8 Å². The van der Waals surface area contributed by atoms with Crippen LogP contribution in [0.3, 0.4) is 0 Å². The molecule has 0 amide bonds. The van der Waals surface area contributed by atoms with Crippen molar-refractivity contribution in [1.82, 2.24) is 0 Å². The number of rotatable bonds is 6. The molecule has 19 heavy (non-hydrogen) atoms. The molecule has 0 aromatic heterocycles. The van der Waals surface area contributed by atoms with E-state index in [0.29, 0.717) is 17.9 Å². The van der Waals surface area contributed by atoms with Gasteiger partial charge >= 0.3 is 5.97 Å². The zero-order valence-corrected chi connectivity index (χ0v) is 12.4. The highest BCUT2D eigenvalue weighted by Crippen LogP contribution is 2.38. The summed E-state index contributed by atoms with van der Waals surface area (Å²) in [6.07, 6.45) is 4.05. The van der Waals surface area contributed by atoms with E-state index in [-0.39, 0.29) is 12.5 Å². The van der Waals surface area contributed by atoms with E-state index in [2.05, 4.69) is 15.9 Å². The van der Waals surface area contributed by atoms with Crippen molar-refractivity contribution in [3.63, 3.8) is 0 Å². The van der Waals surface area contributed by atoms with E-state index in [4.69, 9.17) is 14.6 Å². The van der Waals surface area contributed by atoms with Crippen molar-refractivity contribution in [2.24, 2.45) is 0 Å². The van der Waals surface area contributed by atoms with Gasteiger partial charge in [-0.15, -0.1) is 0 Å². The van der Waals surface area contributed by atoms with Gasteiger partial charge in [-0.3, -0.25) is 4.79 Å². The summed E-state index contributed by atoms with van der Waals surface area (Å²) in [7, 11) is 1.59. The van der Waals surface area contributed by atoms with E-state index in [1.807, 2.05) is 12.1 Å². The molecule has 104 valence electrons. The molecular formula is C14H17BrO4. The summed E-state index contributed by atoms with van der Waals surface area (Å²) < 4.78 is 12.2. The standard InChI is InChI=1S/C14H17BrO4/c1-18-12-8-10(15)7-9(5-6-13(16)17)14(12)19-11-3-2-4-11/h7-8,11H,2-6H2,1H3,(H,16,17). The number of aryl methyl sites for hydroxylation is 1. The fourth-order valence-corrected chi connectivity index (χ4v) is 2.47. The van der Waals surface area contributed by atoms with Gasteiger partial charge in [-0.25, -0.2) is 0 Å². The third-order valence-electron chi connectivity index (χ3n) is 3.26. The molecule has 1 aromatic rings. The first kappa shape index (κ1) is 14.2. The highest BCUT2D eigenvalue weighted by atomic mass is 79.9. The molecular weight excluding hydrogens is 312 g/mol. The van der Waals surface area contributed by atoms with Crippen molar-refractivity contribution in [3.05, 3.63) is 22.2 Å². The number of aliphatic carboxylic acids is 1. The SMILES string of the molecule is COc1cc(Br)cc(CCC(=O)O)c1OC1CCC1. The Morgan fingerprint density at radius 3 is 2.74 bits per heavy atom. The molecule has 1 fully saturated rings. The van der Waals surface area contributed by atoms with Crippen LogP contribution in [0.2, 0.25) is 0 Å². The summed E-state index contributed by atoms with van der Waals surface area (Å²) in [5.41, 5.74) is 0.875. The molecule has 0 radical (unpaired) electrons. The van der Waals surface area contributed by atoms with Gasteiger partial charge in [0.05, 0.1) is 13.2 Å². The largest absolute Gasteiger partial charge is 0.493 e. The predicted molar refractivity (Wildman–Crippen MR) is 74.9 cm³/mol. The Morgan fingerprint density at radius 1 is 1.47 bits per heavy atom. The van der Waals surface area contributed by atoms with Crippen molar-refractivity contribution in [2.75, 3.05) is 7.11 Å². The molecule has 2 rings (SSSR count). The molecule has 4 nitrogen and oxygen atoms in total. The van der Waals surface area contributed by atoms with Crippen LogP contribution in [0.1, 0.15) is 31.2 Å². The summed E-state index contributed by atoms with van der Waals surface area (Å²) in [5, 5.41) is 8.82. The number of benzene rings is 1. The second-order valence-corrected chi connectivity index (χ2v) is 5.58. The number of hydrogen-bond acceptors (Lipinski definition) is 3. The van der Waals surface area contributed by atoms with Crippen molar-refractivity contribution in [1.29, 1.82) is 0 Å². The van der Waals surface area contributed by atoms with Crippen LogP contribution in [0.15, 0.2) is 16.6 Å². The average Bonchev–Trinajstić information content (AvgIpc) is 2.31. The molecule has 1 saturated carbocycles. The zero-order valence-electron chi connectivity index (χ0n) is 10.8. The highest BCUT2D eigenvalue weighted by Gasteiger charge is 2.23. The summed E-state index contributed by atoms with van der Waals surface area (Å²) in [5.74, 6) is 0.534. The lowest BCUT2D eigenvalue weighted by Gasteiger charge is -2.28. The molecule has 1 N–H and O–H groups in total. The van der Waals surface area contributed by atoms with Gasteiger partial charge in [0.15, 0.2) is 11.5 Å². The first-order chi connectivity index (χ1) is 9.10. The van der Waals surface area contributed by atoms with Gasteiger partial charge in [0.2, 0.25) is 0 Å². The maximum absolute atomic E-state index is 10.7. The Kier molecular flexibility index (Phi) is 4.69. The number of methoxy groups -OCH3 is 1. The van der Waals surface area contributed by atoms with Crippen molar-refractivity contribution in [2.45, 2.75) is 38.2 Å². The Balaban J connectivity index is 2.25. The van der Waals surface area contributed by atoms with Crippen LogP contribution >= 0.6 is 15.9 Å². The Hall–Kier alpha value is -1.23. The molecule has 1 aliphatic rings. The lowest BCUT2D eigenvalue weighted by atomic mass is 9.96. The van der Waals surface area contributed by atoms with Crippen LogP contribution < -0.4 is 9.47 Å². The fourth-order valence-electron chi connectivity index (χ4n) is 1.99. The van der Waals surface area contributed by atoms with E-state index < -0.39 is 5.97 Å². The van der Waals surface area contributed by atoms with Gasteiger partial charge in [-0.1, -0.05) is 15.9 Å². The molecule has 0 saturated heterocycles. The molecule has 1 aromatic carbocycles. The number of carboxylic acids is 1. The minimum absolute atomic E-state index is 0.0840. The summed E-state index contributed by atoms with van der Waals surface area (Å²) in [6, 6.07) is 3.75. The van der Waals surface area contributed by atoms with Crippen LogP contribution in [-0.2, 0) is 11.2 Å². The quantitative estimate of drug-likeness (QED) is 0.869. The summed E-state index contributed by atoms with van der Waals surface area (Å²) in [6.45, 7) is 0. The number of halogens is 1. The van der Waals surface area contributed by atoms with Gasteiger partial charge in [-0.05, 0) is 43.4 Å². The smallest absolute Gasteiger partial charge is 0.303 e. The first-order valence-corrected chi connectivity index (χ1v) is 7.14. The number of carbonyl (C=O) groups is 1. The first-order valence-electron chi connectivity index (χ1n) is 6.35. The lowest BCUT2D eigenvalue weighted by Crippen LogP contribution is -2.25. The van der Waals surface area contributed by atoms with Gasteiger partial charge in [0.1, 0.15) is 0 Å². The highest BCUT2D eigenvalue weighted by molar-refractivity contribution is 9.10. The van der Waals surface area contributed by atoms with E-state index in [1.54, 1.807) is 7.11 Å². The minimum Gasteiger partial charge on any atom is -0.493 e. The maximum Gasteiger partial charge on any atom is 0.303 e. The maximum atomic E-state index is 10.7. The Bertz CT molecular complexity index is 469. The number of hydrogen-bond donors (Lipinski definition) is 1. The van der Waals surface area contributed by atoms with Gasteiger partial charge in [-0.2, -0.15) is 0 Å². The fraction of sp³-hybridized carbons (Fsp3) is 0.500. The molecule has 0 bridgehead atoms. The molecule has 0 spiro atoms. The number of carboxylic acid groups (broad SMARTS) is 1. The molecule has 5 heteroatoms. The van der Waals surface area contributed by atoms with Crippen molar-refractivity contribution in [3.8, 4) is 11.5 Å². The normalized spacial score (nSPS) is 14.8. The molecule has 0 atom stereocenters. The zero-order chi connectivity index (χ0) is 13.8. The average molecular weight is 329 g/mol. The summed E-state index contributed by atoms with van der Waals surface area (Å²) in [4.78, 5) is 10.7. The summed E-state index contributed by atoms with van der Waals surface area (Å²) >= 11 is 3.41. The van der Waals surface area contributed by atoms with Crippen LogP contribution in [-0.4, -0.2) is 24.3 Å². The second-order valence-electron chi connectivity index (χ2n) is 4.66. The van der Waals surface area contributed by atoms with Crippen LogP contribution in [0.25, 0.3) is 0 Å². The van der Waals surface area contributed by atoms with Crippen molar-refractivity contribution >= 4 is 21.9 Å². The molecule has 0 heterocycles. The Morgan fingerprint density at radius 2 is 2.21 bits per heavy atom. The number of ether oxygens (including phenoxy) is 2. The van der Waals surface area contributed by atoms with Gasteiger partial charge in [0, 0.05) is 10.9 Å². The molecule has 0 unspecified atom stereocenters. The third-order valence-corrected chi connectivity index (χ3v) is 3.72. The second kappa shape index (κ2) is 6.28. The predicted octanol–water partition coefficient (Wildman–Crippen LogP) is 3.41. The molecule has 0 aliphatic heterocycles. The monoisotopic (exact) mass is 328 g/mol. The lowest BCUT2D eigenvalue weighted by molar-refractivity contribution is -0.136. The van der Waals surface area contributed by atoms with Gasteiger partial charge < -0.3 is 14.6 Å². The van der Waals surface area contributed by atoms with Crippen molar-refractivity contribution < 1.29 is 19.4 Å². The van der Waals surface area contributed by atoms with E-state index in [0.717, 1.165) is 22.9 Å². The Labute approximate surface area is 120 Å². The van der Waals surface area contributed by atoms with Crippen LogP contribution in [0, 0.1) is 0 Å². The molecule has 1 aliphatic carbocycles. The van der Waals surface area contributed by atoms with E-state index >= 15 is 0 Å². The van der Waals surface area contributed by atoms with Crippen LogP contribution in [0.4, 0.5) is 0 Å². The third kappa shape index (κ3) is 3.62. The minimum atomic E-state index is -0.812.